The van der Waals surface area contributed by atoms with Crippen molar-refractivity contribution in [1.82, 2.24) is 5.32 Å². The van der Waals surface area contributed by atoms with Crippen LogP contribution in [0, 0.1) is 17.8 Å². The van der Waals surface area contributed by atoms with Crippen molar-refractivity contribution in [3.05, 3.63) is 23.3 Å². The van der Waals surface area contributed by atoms with E-state index in [0.717, 1.165) is 0 Å². The van der Waals surface area contributed by atoms with Crippen LogP contribution in [0.5, 0.6) is 0 Å². The molecule has 6 atom stereocenters. The second-order valence-corrected chi connectivity index (χ2v) is 10.0. The molecule has 0 fully saturated rings. The minimum Gasteiger partial charge on any atom is -0.481 e. The van der Waals surface area contributed by atoms with Crippen LogP contribution in [-0.4, -0.2) is 76.5 Å². The monoisotopic (exact) mass is 525 g/mol. The molecular formula is C27H43NO9. The van der Waals surface area contributed by atoms with Gasteiger partial charge in [0, 0.05) is 31.9 Å². The highest BCUT2D eigenvalue weighted by Crippen LogP contribution is 2.27. The fourth-order valence-corrected chi connectivity index (χ4v) is 4.36. The molecular weight excluding hydrogens is 482 g/mol. The summed E-state index contributed by atoms with van der Waals surface area (Å²) in [5, 5.41) is 32.1. The fraction of sp³-hybridized carbons (Fsp3) is 0.704. The van der Waals surface area contributed by atoms with Crippen LogP contribution in [0.3, 0.4) is 0 Å². The number of carboxylic acids is 1. The number of amides is 1. The van der Waals surface area contributed by atoms with E-state index in [-0.39, 0.29) is 31.5 Å². The maximum Gasteiger partial charge on any atom is 0.314 e. The first-order chi connectivity index (χ1) is 17.3. The molecule has 0 aromatic carbocycles. The third kappa shape index (κ3) is 10.4. The van der Waals surface area contributed by atoms with Crippen molar-refractivity contribution in [3.63, 3.8) is 0 Å². The number of carbonyl (C=O) groups excluding carboxylic acids is 3. The van der Waals surface area contributed by atoms with E-state index in [4.69, 9.17) is 14.6 Å². The molecule has 0 spiro atoms. The zero-order valence-electron chi connectivity index (χ0n) is 22.7. The van der Waals surface area contributed by atoms with Gasteiger partial charge in [-0.05, 0) is 50.2 Å². The van der Waals surface area contributed by atoms with Crippen LogP contribution < -0.4 is 5.32 Å². The zero-order chi connectivity index (χ0) is 28.3. The van der Waals surface area contributed by atoms with Gasteiger partial charge in [-0.1, -0.05) is 32.9 Å². The van der Waals surface area contributed by atoms with E-state index in [1.807, 2.05) is 19.9 Å². The van der Waals surface area contributed by atoms with Gasteiger partial charge in [-0.2, -0.15) is 0 Å². The van der Waals surface area contributed by atoms with E-state index >= 15 is 0 Å². The summed E-state index contributed by atoms with van der Waals surface area (Å²) in [6, 6.07) is -0.549. The number of hydrogen-bond donors (Lipinski definition) is 4. The summed E-state index contributed by atoms with van der Waals surface area (Å²) in [5.41, 5.74) is 0.953. The van der Waals surface area contributed by atoms with Crippen LogP contribution in [0.25, 0.3) is 0 Å². The van der Waals surface area contributed by atoms with Gasteiger partial charge in [0.05, 0.1) is 12.2 Å². The number of esters is 1. The molecule has 10 nitrogen and oxygen atoms in total. The summed E-state index contributed by atoms with van der Waals surface area (Å²) in [6.07, 6.45) is 1.91. The number of aliphatic hydroxyl groups excluding tert-OH is 2. The summed E-state index contributed by atoms with van der Waals surface area (Å²) in [4.78, 5) is 48.3. The van der Waals surface area contributed by atoms with Gasteiger partial charge >= 0.3 is 11.9 Å². The number of rotatable bonds is 15. The molecule has 3 unspecified atom stereocenters. The summed E-state index contributed by atoms with van der Waals surface area (Å²) in [5.74, 6) is -4.11. The van der Waals surface area contributed by atoms with Crippen LogP contribution in [0.2, 0.25) is 0 Å². The van der Waals surface area contributed by atoms with Crippen molar-refractivity contribution in [1.29, 1.82) is 0 Å². The molecule has 0 aromatic rings. The van der Waals surface area contributed by atoms with Gasteiger partial charge in [0.1, 0.15) is 18.6 Å². The Hall–Kier alpha value is -2.56. The molecule has 0 aliphatic heterocycles. The molecule has 37 heavy (non-hydrogen) atoms. The number of Topliss-reactive ketones (excluding diaryl/α,β-unsaturated/α-hetero) is 1. The van der Waals surface area contributed by atoms with Gasteiger partial charge in [-0.3, -0.25) is 19.2 Å². The van der Waals surface area contributed by atoms with E-state index in [0.29, 0.717) is 30.4 Å². The first kappa shape index (κ1) is 32.5. The van der Waals surface area contributed by atoms with Crippen molar-refractivity contribution in [2.45, 2.75) is 91.6 Å². The quantitative estimate of drug-likeness (QED) is 0.143. The summed E-state index contributed by atoms with van der Waals surface area (Å²) in [7, 11) is 0. The minimum absolute atomic E-state index is 0.0258. The van der Waals surface area contributed by atoms with Crippen molar-refractivity contribution in [2.75, 3.05) is 13.2 Å². The molecule has 10 heteroatoms. The summed E-state index contributed by atoms with van der Waals surface area (Å²) < 4.78 is 11.5. The molecule has 0 radical (unpaired) electrons. The SMILES string of the molecule is CC(=O)N[C@H]1CC=CC(OCCCCC(=O)O)C1C(=O)OC/C(C)=C(\C(C)C)[C@@H](O)C(=O)C(C)[C@H](C)O. The molecule has 1 aliphatic carbocycles. The topological polar surface area (TPSA) is 159 Å². The van der Waals surface area contributed by atoms with Crippen molar-refractivity contribution in [3.8, 4) is 0 Å². The van der Waals surface area contributed by atoms with Crippen LogP contribution in [-0.2, 0) is 28.7 Å². The number of carbonyl (C=O) groups is 4. The Bertz CT molecular complexity index is 862. The van der Waals surface area contributed by atoms with E-state index < -0.39 is 53.9 Å². The number of ether oxygens (including phenoxy) is 2. The lowest BCUT2D eigenvalue weighted by molar-refractivity contribution is -0.154. The third-order valence-electron chi connectivity index (χ3n) is 6.54. The van der Waals surface area contributed by atoms with E-state index in [2.05, 4.69) is 5.32 Å². The maximum atomic E-state index is 13.2. The second-order valence-electron chi connectivity index (χ2n) is 10.0. The van der Waals surface area contributed by atoms with Gasteiger partial charge in [0.2, 0.25) is 5.91 Å². The van der Waals surface area contributed by atoms with Gasteiger partial charge in [-0.15, -0.1) is 0 Å². The van der Waals surface area contributed by atoms with Crippen LogP contribution >= 0.6 is 0 Å². The van der Waals surface area contributed by atoms with Crippen LogP contribution in [0.15, 0.2) is 23.3 Å². The van der Waals surface area contributed by atoms with E-state index in [9.17, 15) is 29.4 Å². The highest BCUT2D eigenvalue weighted by molar-refractivity contribution is 5.88. The van der Waals surface area contributed by atoms with Crippen molar-refractivity contribution >= 4 is 23.6 Å². The van der Waals surface area contributed by atoms with E-state index in [1.54, 1.807) is 19.9 Å². The molecule has 1 amide bonds. The average Bonchev–Trinajstić information content (AvgIpc) is 2.80. The first-order valence-corrected chi connectivity index (χ1v) is 12.8. The van der Waals surface area contributed by atoms with Gasteiger partial charge in [0.25, 0.3) is 0 Å². The Kier molecular flexibility index (Phi) is 13.7. The smallest absolute Gasteiger partial charge is 0.314 e. The Morgan fingerprint density at radius 1 is 1.05 bits per heavy atom. The van der Waals surface area contributed by atoms with Gasteiger partial charge < -0.3 is 30.1 Å². The number of aliphatic hydroxyl groups is 2. The first-order valence-electron chi connectivity index (χ1n) is 12.8. The Morgan fingerprint density at radius 3 is 2.24 bits per heavy atom. The predicted octanol–water partition coefficient (Wildman–Crippen LogP) is 2.17. The summed E-state index contributed by atoms with van der Waals surface area (Å²) in [6.45, 7) is 9.77. The zero-order valence-corrected chi connectivity index (χ0v) is 22.7. The predicted molar refractivity (Wildman–Crippen MR) is 136 cm³/mol. The molecule has 210 valence electrons. The second kappa shape index (κ2) is 15.6. The Morgan fingerprint density at radius 2 is 1.70 bits per heavy atom. The number of nitrogens with one attached hydrogen (secondary N) is 1. The van der Waals surface area contributed by atoms with Crippen LogP contribution in [0.4, 0.5) is 0 Å². The van der Waals surface area contributed by atoms with Crippen molar-refractivity contribution in [2.24, 2.45) is 17.8 Å². The number of carboxylic acid groups (broad SMARTS) is 1. The molecule has 0 aromatic heterocycles. The largest absolute Gasteiger partial charge is 0.481 e. The molecule has 1 aliphatic rings. The van der Waals surface area contributed by atoms with E-state index in [1.165, 1.54) is 13.8 Å². The lowest BCUT2D eigenvalue weighted by atomic mass is 9.85. The van der Waals surface area contributed by atoms with Gasteiger partial charge in [-0.25, -0.2) is 0 Å². The lowest BCUT2D eigenvalue weighted by Crippen LogP contribution is -2.50. The fourth-order valence-electron chi connectivity index (χ4n) is 4.36. The summed E-state index contributed by atoms with van der Waals surface area (Å²) >= 11 is 0. The highest BCUT2D eigenvalue weighted by atomic mass is 16.5. The minimum atomic E-state index is -1.44. The number of hydrogen-bond acceptors (Lipinski definition) is 8. The molecule has 0 bridgehead atoms. The van der Waals surface area contributed by atoms with Crippen molar-refractivity contribution < 1.29 is 44.0 Å². The molecule has 1 rings (SSSR count). The lowest BCUT2D eigenvalue weighted by Gasteiger charge is -2.33. The Balaban J connectivity index is 3.02. The number of unbranched alkanes of at least 4 members (excludes halogenated alkanes) is 1. The third-order valence-corrected chi connectivity index (χ3v) is 6.54. The standard InChI is InChI=1S/C27H43NO9/c1-15(2)23(26(34)25(33)17(4)18(5)29)16(3)14-37-27(35)24-20(28-19(6)30)10-9-11-21(24)36-13-8-7-12-22(31)32/h9,11,15,17-18,20-21,24,26,29,34H,7-8,10,12-14H2,1-6H3,(H,28,30)(H,31,32)/b23-16+/t17?,18-,20-,21?,24?,26+/m0/s1. The molecule has 4 N–H and O–H groups in total. The maximum absolute atomic E-state index is 13.2. The number of aliphatic carboxylic acids is 1. The molecule has 0 saturated carbocycles. The van der Waals surface area contributed by atoms with Crippen LogP contribution in [0.1, 0.15) is 67.2 Å². The Labute approximate surface area is 219 Å². The molecule has 0 saturated heterocycles. The normalized spacial score (nSPS) is 22.6. The molecule has 0 heterocycles. The number of ketones is 1. The highest BCUT2D eigenvalue weighted by Gasteiger charge is 2.39. The average molecular weight is 526 g/mol. The van der Waals surface area contributed by atoms with Gasteiger partial charge in [0.15, 0.2) is 5.78 Å².